The highest BCUT2D eigenvalue weighted by molar-refractivity contribution is 9.10. The SMILES string of the molecule is OC(Cc1cccc(Cl)c1F)c1ccc(Br)c(Cl)c1F. The van der Waals surface area contributed by atoms with Crippen LogP contribution in [0.1, 0.15) is 17.2 Å². The van der Waals surface area contributed by atoms with Crippen molar-refractivity contribution in [1.29, 1.82) is 0 Å². The lowest BCUT2D eigenvalue weighted by molar-refractivity contribution is 0.172. The van der Waals surface area contributed by atoms with Crippen LogP contribution >= 0.6 is 39.1 Å². The quantitative estimate of drug-likeness (QED) is 0.714. The van der Waals surface area contributed by atoms with Gasteiger partial charge < -0.3 is 5.11 Å². The Hall–Kier alpha value is -0.680. The minimum atomic E-state index is -1.21. The monoisotopic (exact) mass is 380 g/mol. The van der Waals surface area contributed by atoms with Crippen molar-refractivity contribution in [2.24, 2.45) is 0 Å². The van der Waals surface area contributed by atoms with Gasteiger partial charge in [0.2, 0.25) is 0 Å². The van der Waals surface area contributed by atoms with Crippen LogP contribution in [0.2, 0.25) is 10.0 Å². The molecule has 0 aliphatic rings. The van der Waals surface area contributed by atoms with Crippen molar-refractivity contribution in [3.8, 4) is 0 Å². The maximum atomic E-state index is 14.0. The van der Waals surface area contributed by atoms with Crippen LogP contribution in [0.25, 0.3) is 0 Å². The molecule has 0 aliphatic carbocycles. The van der Waals surface area contributed by atoms with Gasteiger partial charge in [-0.1, -0.05) is 41.4 Å². The molecule has 2 aromatic carbocycles. The van der Waals surface area contributed by atoms with E-state index in [0.29, 0.717) is 4.47 Å². The average molecular weight is 382 g/mol. The van der Waals surface area contributed by atoms with E-state index in [0.717, 1.165) is 0 Å². The molecule has 0 fully saturated rings. The summed E-state index contributed by atoms with van der Waals surface area (Å²) in [7, 11) is 0. The van der Waals surface area contributed by atoms with E-state index in [9.17, 15) is 13.9 Å². The van der Waals surface area contributed by atoms with Gasteiger partial charge in [-0.15, -0.1) is 0 Å². The van der Waals surface area contributed by atoms with Gasteiger partial charge in [0.1, 0.15) is 11.6 Å². The van der Waals surface area contributed by atoms with Crippen molar-refractivity contribution in [3.63, 3.8) is 0 Å². The summed E-state index contributed by atoms with van der Waals surface area (Å²) in [6.07, 6.45) is -1.31. The fourth-order valence-electron chi connectivity index (χ4n) is 1.82. The van der Waals surface area contributed by atoms with Crippen molar-refractivity contribution in [2.75, 3.05) is 0 Å². The van der Waals surface area contributed by atoms with Crippen molar-refractivity contribution >= 4 is 39.1 Å². The highest BCUT2D eigenvalue weighted by Gasteiger charge is 2.19. The highest BCUT2D eigenvalue weighted by Crippen LogP contribution is 2.32. The Kier molecular flexibility index (Phi) is 5.02. The normalized spacial score (nSPS) is 12.5. The summed E-state index contributed by atoms with van der Waals surface area (Å²) in [4.78, 5) is 0. The van der Waals surface area contributed by atoms with Gasteiger partial charge in [-0.2, -0.15) is 0 Å². The number of benzene rings is 2. The summed E-state index contributed by atoms with van der Waals surface area (Å²) < 4.78 is 28.1. The molecule has 0 aliphatic heterocycles. The Labute approximate surface area is 133 Å². The maximum absolute atomic E-state index is 14.0. The van der Waals surface area contributed by atoms with E-state index in [2.05, 4.69) is 15.9 Å². The van der Waals surface area contributed by atoms with Crippen LogP contribution in [0.3, 0.4) is 0 Å². The number of rotatable bonds is 3. The standard InChI is InChI=1S/C14H9BrCl2F2O/c15-9-5-4-8(14(19)12(9)17)11(20)6-7-2-1-3-10(16)13(7)18/h1-5,11,20H,6H2. The number of hydrogen-bond donors (Lipinski definition) is 1. The molecular weight excluding hydrogens is 373 g/mol. The van der Waals surface area contributed by atoms with Gasteiger partial charge in [0, 0.05) is 16.5 Å². The molecule has 0 saturated heterocycles. The molecule has 6 heteroatoms. The van der Waals surface area contributed by atoms with Gasteiger partial charge >= 0.3 is 0 Å². The second-order valence-electron chi connectivity index (χ2n) is 4.20. The lowest BCUT2D eigenvalue weighted by Crippen LogP contribution is -2.06. The number of hydrogen-bond acceptors (Lipinski definition) is 1. The van der Waals surface area contributed by atoms with Crippen LogP contribution in [-0.4, -0.2) is 5.11 Å². The van der Waals surface area contributed by atoms with Gasteiger partial charge in [-0.25, -0.2) is 8.78 Å². The molecule has 1 unspecified atom stereocenters. The van der Waals surface area contributed by atoms with Crippen molar-refractivity contribution in [2.45, 2.75) is 12.5 Å². The lowest BCUT2D eigenvalue weighted by Gasteiger charge is -2.14. The maximum Gasteiger partial charge on any atom is 0.148 e. The molecule has 2 rings (SSSR count). The summed E-state index contributed by atoms with van der Waals surface area (Å²) >= 11 is 14.5. The van der Waals surface area contributed by atoms with Crippen LogP contribution in [0, 0.1) is 11.6 Å². The van der Waals surface area contributed by atoms with Crippen LogP contribution in [0.15, 0.2) is 34.8 Å². The van der Waals surface area contributed by atoms with Gasteiger partial charge in [0.05, 0.1) is 16.1 Å². The molecule has 0 saturated carbocycles. The van der Waals surface area contributed by atoms with Crippen LogP contribution in [0.4, 0.5) is 8.78 Å². The molecule has 0 spiro atoms. The first-order valence-electron chi connectivity index (χ1n) is 5.66. The lowest BCUT2D eigenvalue weighted by atomic mass is 10.0. The highest BCUT2D eigenvalue weighted by atomic mass is 79.9. The topological polar surface area (TPSA) is 20.2 Å². The van der Waals surface area contributed by atoms with E-state index in [1.165, 1.54) is 24.3 Å². The second kappa shape index (κ2) is 6.39. The van der Waals surface area contributed by atoms with E-state index >= 15 is 0 Å². The Morgan fingerprint density at radius 1 is 1.10 bits per heavy atom. The van der Waals surface area contributed by atoms with Gasteiger partial charge in [0.25, 0.3) is 0 Å². The Balaban J connectivity index is 2.31. The largest absolute Gasteiger partial charge is 0.388 e. The molecule has 1 atom stereocenters. The van der Waals surface area contributed by atoms with E-state index in [1.54, 1.807) is 6.07 Å². The molecule has 20 heavy (non-hydrogen) atoms. The third-order valence-electron chi connectivity index (χ3n) is 2.87. The molecule has 0 amide bonds. The first-order valence-corrected chi connectivity index (χ1v) is 7.21. The summed E-state index contributed by atoms with van der Waals surface area (Å²) in [6.45, 7) is 0. The first kappa shape index (κ1) is 15.7. The molecule has 1 N–H and O–H groups in total. The van der Waals surface area contributed by atoms with E-state index in [4.69, 9.17) is 23.2 Å². The summed E-state index contributed by atoms with van der Waals surface area (Å²) in [5, 5.41) is 9.91. The zero-order valence-corrected chi connectivity index (χ0v) is 13.1. The average Bonchev–Trinajstić information content (AvgIpc) is 2.41. The molecular formula is C14H9BrCl2F2O. The van der Waals surface area contributed by atoms with Crippen molar-refractivity contribution in [3.05, 3.63) is 67.6 Å². The van der Waals surface area contributed by atoms with E-state index in [1.807, 2.05) is 0 Å². The van der Waals surface area contributed by atoms with Crippen molar-refractivity contribution < 1.29 is 13.9 Å². The zero-order chi connectivity index (χ0) is 14.9. The number of halogens is 5. The summed E-state index contributed by atoms with van der Waals surface area (Å²) in [6, 6.07) is 7.39. The van der Waals surface area contributed by atoms with Gasteiger partial charge in [0.15, 0.2) is 0 Å². The predicted molar refractivity (Wildman–Crippen MR) is 79.2 cm³/mol. The minimum absolute atomic E-state index is 0.0116. The fraction of sp³-hybridized carbons (Fsp3) is 0.143. The van der Waals surface area contributed by atoms with Crippen LogP contribution in [-0.2, 0) is 6.42 Å². The molecule has 0 bridgehead atoms. The molecule has 106 valence electrons. The number of aliphatic hydroxyl groups is 1. The Bertz CT molecular complexity index is 649. The molecule has 2 aromatic rings. The molecule has 1 nitrogen and oxygen atoms in total. The summed E-state index contributed by atoms with van der Waals surface area (Å²) in [5.41, 5.74) is 0.223. The Morgan fingerprint density at radius 3 is 2.50 bits per heavy atom. The molecule has 0 heterocycles. The third-order valence-corrected chi connectivity index (χ3v) is 4.42. The van der Waals surface area contributed by atoms with Gasteiger partial charge in [-0.3, -0.25) is 0 Å². The second-order valence-corrected chi connectivity index (χ2v) is 5.84. The summed E-state index contributed by atoms with van der Waals surface area (Å²) in [5.74, 6) is -1.34. The smallest absolute Gasteiger partial charge is 0.148 e. The van der Waals surface area contributed by atoms with E-state index in [-0.39, 0.29) is 27.6 Å². The minimum Gasteiger partial charge on any atom is -0.388 e. The zero-order valence-electron chi connectivity index (χ0n) is 10.0. The predicted octanol–water partition coefficient (Wildman–Crippen LogP) is 5.31. The number of aliphatic hydroxyl groups excluding tert-OH is 1. The first-order chi connectivity index (χ1) is 9.41. The van der Waals surface area contributed by atoms with Crippen LogP contribution in [0.5, 0.6) is 0 Å². The third kappa shape index (κ3) is 3.14. The Morgan fingerprint density at radius 2 is 1.80 bits per heavy atom. The molecule has 0 radical (unpaired) electrons. The van der Waals surface area contributed by atoms with Gasteiger partial charge in [-0.05, 0) is 33.6 Å². The van der Waals surface area contributed by atoms with Crippen molar-refractivity contribution in [1.82, 2.24) is 0 Å². The van der Waals surface area contributed by atoms with E-state index < -0.39 is 17.7 Å². The molecule has 0 aromatic heterocycles. The van der Waals surface area contributed by atoms with Crippen LogP contribution < -0.4 is 0 Å². The fourth-order valence-corrected chi connectivity index (χ4v) is 2.49.